The molecule has 98 valence electrons. The summed E-state index contributed by atoms with van der Waals surface area (Å²) in [6, 6.07) is 4.18. The van der Waals surface area contributed by atoms with Crippen LogP contribution in [0.5, 0.6) is 5.75 Å². The van der Waals surface area contributed by atoms with Crippen molar-refractivity contribution in [2.45, 2.75) is 0 Å². The Kier molecular flexibility index (Phi) is 3.32. The number of rotatable bonds is 2. The zero-order valence-electron chi connectivity index (χ0n) is 10.1. The third-order valence-electron chi connectivity index (χ3n) is 2.67. The molecule has 0 spiro atoms. The van der Waals surface area contributed by atoms with Crippen LogP contribution in [-0.2, 0) is 7.05 Å². The average molecular weight is 282 g/mol. The summed E-state index contributed by atoms with van der Waals surface area (Å²) in [6.45, 7) is 0. The van der Waals surface area contributed by atoms with E-state index in [2.05, 4.69) is 5.10 Å². The van der Waals surface area contributed by atoms with Crippen molar-refractivity contribution in [3.63, 3.8) is 0 Å². The Balaban J connectivity index is 2.73. The van der Waals surface area contributed by atoms with Crippen LogP contribution in [0.25, 0.3) is 11.3 Å². The van der Waals surface area contributed by atoms with Crippen LogP contribution >= 0.6 is 11.6 Å². The minimum absolute atomic E-state index is 0.0677. The highest BCUT2D eigenvalue weighted by atomic mass is 35.5. The van der Waals surface area contributed by atoms with Crippen molar-refractivity contribution in [2.75, 3.05) is 7.11 Å². The van der Waals surface area contributed by atoms with Gasteiger partial charge in [-0.25, -0.2) is 4.39 Å². The molecule has 0 saturated heterocycles. The van der Waals surface area contributed by atoms with Crippen molar-refractivity contribution >= 4 is 11.6 Å². The van der Waals surface area contributed by atoms with Gasteiger partial charge in [0, 0.05) is 12.6 Å². The number of halogens is 2. The molecule has 0 aliphatic rings. The van der Waals surface area contributed by atoms with Crippen LogP contribution in [0.2, 0.25) is 5.02 Å². The van der Waals surface area contributed by atoms with E-state index in [0.29, 0.717) is 0 Å². The van der Waals surface area contributed by atoms with Crippen LogP contribution in [-0.4, -0.2) is 16.9 Å². The van der Waals surface area contributed by atoms with Crippen LogP contribution in [0.4, 0.5) is 4.39 Å². The molecule has 0 amide bonds. The predicted molar refractivity (Wildman–Crippen MR) is 67.7 cm³/mol. The first-order chi connectivity index (χ1) is 8.99. The average Bonchev–Trinajstić information content (AvgIpc) is 2.66. The van der Waals surface area contributed by atoms with Crippen molar-refractivity contribution in [3.05, 3.63) is 38.9 Å². The van der Waals surface area contributed by atoms with Gasteiger partial charge in [0.05, 0.1) is 18.4 Å². The lowest BCUT2D eigenvalue weighted by Gasteiger charge is -2.07. The lowest BCUT2D eigenvalue weighted by atomic mass is 10.1. The second kappa shape index (κ2) is 4.78. The minimum atomic E-state index is -0.666. The first kappa shape index (κ1) is 13.2. The predicted octanol–water partition coefficient (Wildman–Crippen LogP) is 2.05. The summed E-state index contributed by atoms with van der Waals surface area (Å²) in [7, 11) is 2.84. The Hall–Kier alpha value is -2.26. The molecule has 0 unspecified atom stereocenters. The van der Waals surface area contributed by atoms with E-state index in [1.165, 1.54) is 20.2 Å². The highest BCUT2D eigenvalue weighted by Gasteiger charge is 2.18. The van der Waals surface area contributed by atoms with Crippen molar-refractivity contribution < 1.29 is 9.13 Å². The number of aromatic nitrogens is 2. The lowest BCUT2D eigenvalue weighted by molar-refractivity contribution is 0.412. The molecule has 0 fully saturated rings. The molecule has 0 bridgehead atoms. The van der Waals surface area contributed by atoms with Crippen LogP contribution in [0, 0.1) is 17.1 Å². The molecule has 0 saturated carbocycles. The number of ether oxygens (including phenoxy) is 1. The first-order valence-electron chi connectivity index (χ1n) is 5.22. The van der Waals surface area contributed by atoms with E-state index in [1.54, 1.807) is 0 Å². The summed E-state index contributed by atoms with van der Waals surface area (Å²) in [5.41, 5.74) is -0.175. The number of aryl methyl sites for hydroxylation is 1. The van der Waals surface area contributed by atoms with E-state index in [-0.39, 0.29) is 27.6 Å². The minimum Gasteiger partial charge on any atom is -0.495 e. The normalized spacial score (nSPS) is 10.3. The fourth-order valence-corrected chi connectivity index (χ4v) is 1.97. The number of nitrogens with zero attached hydrogens (tertiary/aromatic N) is 2. The second-order valence-corrected chi connectivity index (χ2v) is 4.19. The lowest BCUT2D eigenvalue weighted by Crippen LogP contribution is -2.11. The molecule has 19 heavy (non-hydrogen) atoms. The van der Waals surface area contributed by atoms with Crippen LogP contribution in [0.3, 0.4) is 0 Å². The molecule has 7 heteroatoms. The number of nitriles is 1. The molecule has 5 nitrogen and oxygen atoms in total. The maximum atomic E-state index is 14.0. The molecule has 1 aromatic carbocycles. The summed E-state index contributed by atoms with van der Waals surface area (Å²) >= 11 is 5.85. The van der Waals surface area contributed by atoms with Gasteiger partial charge in [0.2, 0.25) is 0 Å². The van der Waals surface area contributed by atoms with Gasteiger partial charge in [-0.3, -0.25) is 14.6 Å². The molecule has 0 aliphatic heterocycles. The molecular weight excluding hydrogens is 273 g/mol. The second-order valence-electron chi connectivity index (χ2n) is 3.81. The summed E-state index contributed by atoms with van der Waals surface area (Å²) in [6.07, 6.45) is 0. The van der Waals surface area contributed by atoms with E-state index in [1.807, 2.05) is 6.07 Å². The van der Waals surface area contributed by atoms with Crippen molar-refractivity contribution in [1.82, 2.24) is 9.78 Å². The summed E-state index contributed by atoms with van der Waals surface area (Å²) in [5.74, 6) is -0.458. The number of nitrogens with one attached hydrogen (secondary N) is 1. The van der Waals surface area contributed by atoms with Gasteiger partial charge in [-0.1, -0.05) is 11.6 Å². The first-order valence-corrected chi connectivity index (χ1v) is 5.60. The molecule has 1 heterocycles. The molecule has 0 atom stereocenters. The third kappa shape index (κ3) is 2.09. The smallest absolute Gasteiger partial charge is 0.285 e. The van der Waals surface area contributed by atoms with Gasteiger partial charge in [0.25, 0.3) is 5.56 Å². The summed E-state index contributed by atoms with van der Waals surface area (Å²) < 4.78 is 20.1. The summed E-state index contributed by atoms with van der Waals surface area (Å²) in [5, 5.41) is 11.4. The van der Waals surface area contributed by atoms with Crippen molar-refractivity contribution in [3.8, 4) is 23.1 Å². The van der Waals surface area contributed by atoms with Gasteiger partial charge in [-0.15, -0.1) is 0 Å². The number of methoxy groups -OCH3 is 1. The fraction of sp³-hybridized carbons (Fsp3) is 0.167. The fourth-order valence-electron chi connectivity index (χ4n) is 1.70. The topological polar surface area (TPSA) is 70.8 Å². The van der Waals surface area contributed by atoms with Gasteiger partial charge in [0.15, 0.2) is 0 Å². The molecular formula is C12H9ClFN3O2. The Labute approximate surface area is 112 Å². The molecule has 1 aromatic heterocycles. The van der Waals surface area contributed by atoms with Gasteiger partial charge >= 0.3 is 0 Å². The SMILES string of the molecule is COc1cc(-c2[nH]n(C)c(=O)c2Cl)c(F)cc1C#N. The standard InChI is InChI=1S/C12H9ClFN3O2/c1-17-12(18)10(13)11(16-17)7-4-9(19-2)6(5-15)3-8(7)14/h3-4,16H,1-2H3. The van der Waals surface area contributed by atoms with Gasteiger partial charge in [0.1, 0.15) is 22.7 Å². The quantitative estimate of drug-likeness (QED) is 0.916. The van der Waals surface area contributed by atoms with E-state index >= 15 is 0 Å². The largest absolute Gasteiger partial charge is 0.495 e. The zero-order chi connectivity index (χ0) is 14.2. The highest BCUT2D eigenvalue weighted by molar-refractivity contribution is 6.32. The van der Waals surface area contributed by atoms with Gasteiger partial charge in [-0.05, 0) is 12.1 Å². The maximum absolute atomic E-state index is 14.0. The Bertz CT molecular complexity index is 743. The molecule has 1 N–H and O–H groups in total. The zero-order valence-corrected chi connectivity index (χ0v) is 10.9. The van der Waals surface area contributed by atoms with E-state index in [0.717, 1.165) is 10.7 Å². The molecule has 0 aliphatic carbocycles. The van der Waals surface area contributed by atoms with Crippen LogP contribution in [0.15, 0.2) is 16.9 Å². The van der Waals surface area contributed by atoms with Gasteiger partial charge < -0.3 is 4.74 Å². The maximum Gasteiger partial charge on any atom is 0.285 e. The van der Waals surface area contributed by atoms with Crippen LogP contribution in [0.1, 0.15) is 5.56 Å². The number of H-pyrrole nitrogens is 1. The number of benzene rings is 1. The monoisotopic (exact) mass is 281 g/mol. The molecule has 0 radical (unpaired) electrons. The van der Waals surface area contributed by atoms with Crippen molar-refractivity contribution in [1.29, 1.82) is 5.26 Å². The highest BCUT2D eigenvalue weighted by Crippen LogP contribution is 2.31. The van der Waals surface area contributed by atoms with E-state index < -0.39 is 11.4 Å². The van der Waals surface area contributed by atoms with Crippen molar-refractivity contribution in [2.24, 2.45) is 7.05 Å². The van der Waals surface area contributed by atoms with E-state index in [4.69, 9.17) is 21.6 Å². The van der Waals surface area contributed by atoms with Gasteiger partial charge in [-0.2, -0.15) is 5.26 Å². The Morgan fingerprint density at radius 2 is 2.21 bits per heavy atom. The summed E-state index contributed by atoms with van der Waals surface area (Å²) in [4.78, 5) is 11.5. The number of aromatic amines is 1. The number of hydrogen-bond donors (Lipinski definition) is 1. The third-order valence-corrected chi connectivity index (χ3v) is 3.02. The Morgan fingerprint density at radius 3 is 2.68 bits per heavy atom. The number of hydrogen-bond acceptors (Lipinski definition) is 3. The van der Waals surface area contributed by atoms with E-state index in [9.17, 15) is 9.18 Å². The molecule has 2 rings (SSSR count). The Morgan fingerprint density at radius 1 is 1.53 bits per heavy atom. The molecule has 2 aromatic rings. The van der Waals surface area contributed by atoms with Crippen LogP contribution < -0.4 is 10.3 Å².